The van der Waals surface area contributed by atoms with E-state index >= 15 is 0 Å². The summed E-state index contributed by atoms with van der Waals surface area (Å²) >= 11 is 0. The van der Waals surface area contributed by atoms with Crippen LogP contribution in [0, 0.1) is 0 Å². The Labute approximate surface area is 115 Å². The molecule has 1 saturated carbocycles. The average Bonchev–Trinajstić information content (AvgIpc) is 3.19. The largest absolute Gasteiger partial charge is 0.416 e. The zero-order valence-corrected chi connectivity index (χ0v) is 11.1. The van der Waals surface area contributed by atoms with Crippen molar-refractivity contribution in [1.82, 2.24) is 10.6 Å². The third kappa shape index (κ3) is 4.23. The highest BCUT2D eigenvalue weighted by Crippen LogP contribution is 2.29. The SMILES string of the molecule is CC(NC(=O)CNC1CC1)c1ccc(C(F)(F)F)cc1. The summed E-state index contributed by atoms with van der Waals surface area (Å²) in [5.74, 6) is -0.149. The van der Waals surface area contributed by atoms with Gasteiger partial charge in [-0.15, -0.1) is 0 Å². The van der Waals surface area contributed by atoms with Gasteiger partial charge in [-0.25, -0.2) is 0 Å². The molecule has 0 heterocycles. The summed E-state index contributed by atoms with van der Waals surface area (Å²) < 4.78 is 37.3. The fourth-order valence-electron chi connectivity index (χ4n) is 1.86. The second-order valence-electron chi connectivity index (χ2n) is 5.06. The zero-order chi connectivity index (χ0) is 14.8. The molecule has 110 valence electrons. The van der Waals surface area contributed by atoms with Crippen molar-refractivity contribution in [3.63, 3.8) is 0 Å². The number of amides is 1. The Morgan fingerprint density at radius 2 is 1.90 bits per heavy atom. The number of carbonyl (C=O) groups excluding carboxylic acids is 1. The maximum Gasteiger partial charge on any atom is 0.416 e. The smallest absolute Gasteiger partial charge is 0.348 e. The first kappa shape index (κ1) is 14.8. The number of alkyl halides is 3. The number of carbonyl (C=O) groups is 1. The van der Waals surface area contributed by atoms with Gasteiger partial charge >= 0.3 is 6.18 Å². The minimum Gasteiger partial charge on any atom is -0.348 e. The maximum absolute atomic E-state index is 12.4. The van der Waals surface area contributed by atoms with E-state index in [1.54, 1.807) is 6.92 Å². The summed E-state index contributed by atoms with van der Waals surface area (Å²) in [6, 6.07) is 4.97. The van der Waals surface area contributed by atoms with Gasteiger partial charge in [-0.05, 0) is 37.5 Å². The number of halogens is 3. The van der Waals surface area contributed by atoms with Crippen molar-refractivity contribution in [2.45, 2.75) is 38.0 Å². The van der Waals surface area contributed by atoms with Crippen LogP contribution < -0.4 is 10.6 Å². The molecule has 1 aliphatic carbocycles. The standard InChI is InChI=1S/C14H17F3N2O/c1-9(19-13(20)8-18-12-6-7-12)10-2-4-11(5-3-10)14(15,16)17/h2-5,9,12,18H,6-8H2,1H3,(H,19,20). The lowest BCUT2D eigenvalue weighted by Crippen LogP contribution is -2.36. The van der Waals surface area contributed by atoms with Crippen LogP contribution in [0.2, 0.25) is 0 Å². The average molecular weight is 286 g/mol. The van der Waals surface area contributed by atoms with Gasteiger partial charge in [-0.2, -0.15) is 13.2 Å². The molecule has 1 aromatic carbocycles. The van der Waals surface area contributed by atoms with E-state index in [-0.39, 0.29) is 18.5 Å². The Morgan fingerprint density at radius 3 is 2.40 bits per heavy atom. The highest BCUT2D eigenvalue weighted by Gasteiger charge is 2.30. The van der Waals surface area contributed by atoms with Crippen molar-refractivity contribution in [2.75, 3.05) is 6.54 Å². The first-order valence-corrected chi connectivity index (χ1v) is 6.56. The highest BCUT2D eigenvalue weighted by atomic mass is 19.4. The summed E-state index contributed by atoms with van der Waals surface area (Å²) in [5.41, 5.74) is -0.0343. The minimum absolute atomic E-state index is 0.149. The molecule has 20 heavy (non-hydrogen) atoms. The number of benzene rings is 1. The molecule has 2 rings (SSSR count). The van der Waals surface area contributed by atoms with Crippen LogP contribution in [0.3, 0.4) is 0 Å². The maximum atomic E-state index is 12.4. The van der Waals surface area contributed by atoms with Crippen LogP contribution in [0.5, 0.6) is 0 Å². The third-order valence-corrected chi connectivity index (χ3v) is 3.24. The van der Waals surface area contributed by atoms with Gasteiger partial charge in [0, 0.05) is 6.04 Å². The van der Waals surface area contributed by atoms with E-state index in [1.165, 1.54) is 12.1 Å². The van der Waals surface area contributed by atoms with Gasteiger partial charge in [0.05, 0.1) is 18.2 Å². The fourth-order valence-corrected chi connectivity index (χ4v) is 1.86. The molecule has 0 radical (unpaired) electrons. The monoisotopic (exact) mass is 286 g/mol. The van der Waals surface area contributed by atoms with Crippen LogP contribution in [0.1, 0.15) is 36.9 Å². The number of nitrogens with one attached hydrogen (secondary N) is 2. The summed E-state index contributed by atoms with van der Waals surface area (Å²) in [7, 11) is 0. The lowest BCUT2D eigenvalue weighted by atomic mass is 10.1. The molecule has 0 bridgehead atoms. The number of hydrogen-bond donors (Lipinski definition) is 2. The predicted molar refractivity (Wildman–Crippen MR) is 69.0 cm³/mol. The lowest BCUT2D eigenvalue weighted by Gasteiger charge is -2.15. The Hall–Kier alpha value is -1.56. The molecule has 6 heteroatoms. The molecular formula is C14H17F3N2O. The molecule has 1 fully saturated rings. The van der Waals surface area contributed by atoms with Crippen LogP contribution in [0.4, 0.5) is 13.2 Å². The summed E-state index contributed by atoms with van der Waals surface area (Å²) in [6.45, 7) is 1.99. The molecular weight excluding hydrogens is 269 g/mol. The molecule has 1 atom stereocenters. The van der Waals surface area contributed by atoms with Crippen LogP contribution in [0.25, 0.3) is 0 Å². The van der Waals surface area contributed by atoms with Gasteiger partial charge < -0.3 is 10.6 Å². The van der Waals surface area contributed by atoms with E-state index in [0.29, 0.717) is 11.6 Å². The van der Waals surface area contributed by atoms with Crippen LogP contribution >= 0.6 is 0 Å². The van der Waals surface area contributed by atoms with E-state index < -0.39 is 11.7 Å². The summed E-state index contributed by atoms with van der Waals surface area (Å²) in [5, 5.41) is 5.84. The second kappa shape index (κ2) is 5.83. The molecule has 0 aromatic heterocycles. The quantitative estimate of drug-likeness (QED) is 0.873. The van der Waals surface area contributed by atoms with E-state index in [4.69, 9.17) is 0 Å². The fraction of sp³-hybridized carbons (Fsp3) is 0.500. The zero-order valence-electron chi connectivity index (χ0n) is 11.1. The van der Waals surface area contributed by atoms with Crippen molar-refractivity contribution in [2.24, 2.45) is 0 Å². The van der Waals surface area contributed by atoms with Crippen molar-refractivity contribution in [1.29, 1.82) is 0 Å². The molecule has 1 aromatic rings. The first-order chi connectivity index (χ1) is 9.36. The third-order valence-electron chi connectivity index (χ3n) is 3.24. The Morgan fingerprint density at radius 1 is 1.30 bits per heavy atom. The van der Waals surface area contributed by atoms with Crippen LogP contribution in [-0.4, -0.2) is 18.5 Å². The molecule has 0 saturated heterocycles. The predicted octanol–water partition coefficient (Wildman–Crippen LogP) is 2.63. The van der Waals surface area contributed by atoms with Crippen molar-refractivity contribution in [3.05, 3.63) is 35.4 Å². The van der Waals surface area contributed by atoms with Gasteiger partial charge in [-0.1, -0.05) is 12.1 Å². The molecule has 3 nitrogen and oxygen atoms in total. The van der Waals surface area contributed by atoms with Gasteiger partial charge in [-0.3, -0.25) is 4.79 Å². The molecule has 1 aliphatic rings. The van der Waals surface area contributed by atoms with Crippen molar-refractivity contribution >= 4 is 5.91 Å². The van der Waals surface area contributed by atoms with Gasteiger partial charge in [0.25, 0.3) is 0 Å². The van der Waals surface area contributed by atoms with Gasteiger partial charge in [0.1, 0.15) is 0 Å². The van der Waals surface area contributed by atoms with E-state index in [0.717, 1.165) is 25.0 Å². The van der Waals surface area contributed by atoms with Crippen LogP contribution in [-0.2, 0) is 11.0 Å². The number of rotatable bonds is 5. The minimum atomic E-state index is -4.33. The Kier molecular flexibility index (Phi) is 4.32. The lowest BCUT2D eigenvalue weighted by molar-refractivity contribution is -0.137. The Bertz CT molecular complexity index is 466. The molecule has 0 aliphatic heterocycles. The first-order valence-electron chi connectivity index (χ1n) is 6.56. The van der Waals surface area contributed by atoms with E-state index in [2.05, 4.69) is 10.6 Å². The van der Waals surface area contributed by atoms with Crippen LogP contribution in [0.15, 0.2) is 24.3 Å². The topological polar surface area (TPSA) is 41.1 Å². The van der Waals surface area contributed by atoms with Crippen molar-refractivity contribution in [3.8, 4) is 0 Å². The highest BCUT2D eigenvalue weighted by molar-refractivity contribution is 5.78. The van der Waals surface area contributed by atoms with E-state index in [9.17, 15) is 18.0 Å². The van der Waals surface area contributed by atoms with E-state index in [1.807, 2.05) is 0 Å². The molecule has 1 amide bonds. The van der Waals surface area contributed by atoms with Gasteiger partial charge in [0.2, 0.25) is 5.91 Å². The molecule has 2 N–H and O–H groups in total. The molecule has 0 spiro atoms. The summed E-state index contributed by atoms with van der Waals surface area (Å²) in [6.07, 6.45) is -2.14. The second-order valence-corrected chi connectivity index (χ2v) is 5.06. The van der Waals surface area contributed by atoms with Gasteiger partial charge in [0.15, 0.2) is 0 Å². The molecule has 1 unspecified atom stereocenters. The number of hydrogen-bond acceptors (Lipinski definition) is 2. The normalized spacial score (nSPS) is 16.8. The summed E-state index contributed by atoms with van der Waals surface area (Å²) in [4.78, 5) is 11.6. The Balaban J connectivity index is 1.87. The van der Waals surface area contributed by atoms with Crippen molar-refractivity contribution < 1.29 is 18.0 Å².